The van der Waals surface area contributed by atoms with Crippen molar-refractivity contribution in [2.45, 2.75) is 25.7 Å². The number of nitrogens with one attached hydrogen (secondary N) is 3. The van der Waals surface area contributed by atoms with E-state index in [2.05, 4.69) is 15.4 Å². The molecular formula is C23H31ClN4O5S. The zero-order valence-electron chi connectivity index (χ0n) is 19.7. The maximum atomic E-state index is 12.5. The predicted octanol–water partition coefficient (Wildman–Crippen LogP) is 3.64. The maximum absolute atomic E-state index is 12.5. The van der Waals surface area contributed by atoms with Gasteiger partial charge in [0.1, 0.15) is 4.90 Å². The van der Waals surface area contributed by atoms with Gasteiger partial charge in [0.15, 0.2) is 0 Å². The lowest BCUT2D eigenvalue weighted by Crippen LogP contribution is -2.34. The van der Waals surface area contributed by atoms with Crippen molar-refractivity contribution in [3.63, 3.8) is 0 Å². The van der Waals surface area contributed by atoms with E-state index < -0.39 is 15.4 Å². The summed E-state index contributed by atoms with van der Waals surface area (Å²) in [6.07, 6.45) is 0.864. The Bertz CT molecular complexity index is 1080. The molecule has 0 bridgehead atoms. The molecule has 1 fully saturated rings. The van der Waals surface area contributed by atoms with Gasteiger partial charge in [-0.3, -0.25) is 14.3 Å². The smallest absolute Gasteiger partial charge is 0.263 e. The van der Waals surface area contributed by atoms with Gasteiger partial charge < -0.3 is 20.3 Å². The van der Waals surface area contributed by atoms with E-state index in [-0.39, 0.29) is 15.8 Å². The van der Waals surface area contributed by atoms with Crippen LogP contribution in [-0.2, 0) is 24.3 Å². The van der Waals surface area contributed by atoms with Gasteiger partial charge in [-0.1, -0.05) is 32.4 Å². The fourth-order valence-corrected chi connectivity index (χ4v) is 4.31. The Morgan fingerprint density at radius 2 is 1.59 bits per heavy atom. The molecule has 0 aliphatic carbocycles. The van der Waals surface area contributed by atoms with E-state index in [0.717, 1.165) is 19.5 Å². The molecule has 186 valence electrons. The molecule has 3 N–H and O–H groups in total. The predicted molar refractivity (Wildman–Crippen MR) is 135 cm³/mol. The highest BCUT2D eigenvalue weighted by Gasteiger charge is 2.21. The van der Waals surface area contributed by atoms with Crippen molar-refractivity contribution in [3.8, 4) is 0 Å². The summed E-state index contributed by atoms with van der Waals surface area (Å²) in [5.74, 6) is -0.123. The van der Waals surface area contributed by atoms with Gasteiger partial charge in [0.25, 0.3) is 10.0 Å². The number of anilines is 3. The highest BCUT2D eigenvalue weighted by atomic mass is 35.5. The van der Waals surface area contributed by atoms with E-state index in [1.807, 2.05) is 20.8 Å². The van der Waals surface area contributed by atoms with E-state index in [1.54, 1.807) is 48.3 Å². The Hall–Kier alpha value is -2.82. The normalized spacial score (nSPS) is 13.9. The average Bonchev–Trinajstić information content (AvgIpc) is 2.80. The Kier molecular flexibility index (Phi) is 9.72. The fraction of sp³-hybridized carbons (Fsp3) is 0.391. The Morgan fingerprint density at radius 1 is 1.03 bits per heavy atom. The third-order valence-corrected chi connectivity index (χ3v) is 6.65. The second-order valence-electron chi connectivity index (χ2n) is 8.54. The lowest BCUT2D eigenvalue weighted by Gasteiger charge is -2.21. The number of carbonyl (C=O) groups excluding carboxylic acids is 2. The van der Waals surface area contributed by atoms with Crippen LogP contribution in [0.1, 0.15) is 20.8 Å². The summed E-state index contributed by atoms with van der Waals surface area (Å²) in [4.78, 5) is 23.7. The first kappa shape index (κ1) is 27.4. The summed E-state index contributed by atoms with van der Waals surface area (Å²) in [6.45, 7) is 8.33. The molecule has 11 heteroatoms. The summed E-state index contributed by atoms with van der Waals surface area (Å²) >= 11 is 6.08. The Morgan fingerprint density at radius 3 is 2.06 bits per heavy atom. The molecular weight excluding hydrogens is 480 g/mol. The second kappa shape index (κ2) is 12.0. The number of rotatable bonds is 6. The lowest BCUT2D eigenvalue weighted by atomic mass is 9.95. The molecule has 2 aromatic rings. The van der Waals surface area contributed by atoms with Gasteiger partial charge in [0.05, 0.1) is 18.2 Å². The molecule has 34 heavy (non-hydrogen) atoms. The van der Waals surface area contributed by atoms with Crippen LogP contribution in [0.5, 0.6) is 0 Å². The number of hydrogen-bond donors (Lipinski definition) is 3. The van der Waals surface area contributed by atoms with Crippen molar-refractivity contribution in [2.75, 3.05) is 48.7 Å². The molecule has 2 aromatic carbocycles. The molecule has 0 spiro atoms. The molecule has 1 aliphatic heterocycles. The van der Waals surface area contributed by atoms with Crippen molar-refractivity contribution in [1.82, 2.24) is 4.90 Å². The van der Waals surface area contributed by atoms with Gasteiger partial charge >= 0.3 is 0 Å². The number of sulfonamides is 1. The summed E-state index contributed by atoms with van der Waals surface area (Å²) < 4.78 is 32.5. The van der Waals surface area contributed by atoms with E-state index in [0.29, 0.717) is 30.3 Å². The molecule has 0 radical (unpaired) electrons. The molecule has 9 nitrogen and oxygen atoms in total. The largest absolute Gasteiger partial charge is 0.388 e. The highest BCUT2D eigenvalue weighted by molar-refractivity contribution is 7.92. The molecule has 3 rings (SSSR count). The highest BCUT2D eigenvalue weighted by Crippen LogP contribution is 2.27. The van der Waals surface area contributed by atoms with Crippen LogP contribution in [0.15, 0.2) is 47.4 Å². The Labute approximate surface area is 205 Å². The van der Waals surface area contributed by atoms with Crippen molar-refractivity contribution < 1.29 is 22.7 Å². The topological polar surface area (TPSA) is 117 Å². The van der Waals surface area contributed by atoms with Crippen molar-refractivity contribution >= 4 is 51.0 Å². The first-order valence-electron chi connectivity index (χ1n) is 10.6. The maximum Gasteiger partial charge on any atom is 0.263 e. The van der Waals surface area contributed by atoms with Gasteiger partial charge in [0.2, 0.25) is 12.3 Å². The second-order valence-corrected chi connectivity index (χ2v) is 10.6. The minimum atomic E-state index is -3.83. The number of carbonyl (C=O) groups is 2. The molecule has 1 aliphatic rings. The number of hydrogen-bond acceptors (Lipinski definition) is 6. The number of morpholine rings is 1. The van der Waals surface area contributed by atoms with Crippen LogP contribution in [0, 0.1) is 5.41 Å². The van der Waals surface area contributed by atoms with Crippen molar-refractivity contribution in [3.05, 3.63) is 47.5 Å². The van der Waals surface area contributed by atoms with Gasteiger partial charge in [-0.2, -0.15) is 0 Å². The van der Waals surface area contributed by atoms with Crippen LogP contribution in [0.4, 0.5) is 17.1 Å². The molecule has 2 amide bonds. The first-order chi connectivity index (χ1) is 16.0. The molecule has 1 saturated heterocycles. The molecule has 0 unspecified atom stereocenters. The third-order valence-electron chi connectivity index (χ3n) is 4.78. The number of halogens is 1. The average molecular weight is 511 g/mol. The van der Waals surface area contributed by atoms with Crippen LogP contribution in [0.25, 0.3) is 0 Å². The summed E-state index contributed by atoms with van der Waals surface area (Å²) in [6, 6.07) is 11.0. The summed E-state index contributed by atoms with van der Waals surface area (Å²) in [7, 11) is -2.10. The molecule has 0 saturated carbocycles. The zero-order valence-corrected chi connectivity index (χ0v) is 21.3. The van der Waals surface area contributed by atoms with E-state index >= 15 is 0 Å². The third kappa shape index (κ3) is 8.19. The van der Waals surface area contributed by atoms with Crippen LogP contribution in [0.3, 0.4) is 0 Å². The number of ether oxygens (including phenoxy) is 1. The van der Waals surface area contributed by atoms with E-state index in [9.17, 15) is 18.0 Å². The van der Waals surface area contributed by atoms with Crippen molar-refractivity contribution in [2.24, 2.45) is 5.41 Å². The quantitative estimate of drug-likeness (QED) is 0.511. The van der Waals surface area contributed by atoms with Gasteiger partial charge in [-0.25, -0.2) is 8.42 Å². The zero-order chi connectivity index (χ0) is 25.4. The minimum absolute atomic E-state index is 0.0109. The number of amides is 2. The first-order valence-corrected chi connectivity index (χ1v) is 12.5. The van der Waals surface area contributed by atoms with Crippen LogP contribution in [-0.4, -0.2) is 59.0 Å². The number of benzene rings is 2. The van der Waals surface area contributed by atoms with Gasteiger partial charge in [0, 0.05) is 42.6 Å². The Balaban J connectivity index is 0.000000430. The molecule has 0 aromatic heterocycles. The summed E-state index contributed by atoms with van der Waals surface area (Å²) in [5, 5.41) is 5.80. The van der Waals surface area contributed by atoms with Crippen LogP contribution in [0.2, 0.25) is 5.02 Å². The monoisotopic (exact) mass is 510 g/mol. The van der Waals surface area contributed by atoms with E-state index in [4.69, 9.17) is 16.3 Å². The molecule has 1 heterocycles. The fourth-order valence-electron chi connectivity index (χ4n) is 2.71. The summed E-state index contributed by atoms with van der Waals surface area (Å²) in [5.41, 5.74) is 1.15. The molecule has 0 atom stereocenters. The lowest BCUT2D eigenvalue weighted by molar-refractivity contribution is -0.123. The number of nitrogens with zero attached hydrogens (tertiary/aromatic N) is 1. The van der Waals surface area contributed by atoms with Gasteiger partial charge in [-0.15, -0.1) is 0 Å². The van der Waals surface area contributed by atoms with Crippen LogP contribution < -0.4 is 15.4 Å². The SMILES string of the molecule is CNc1ccc(S(=O)(=O)Nc2ccc(NC(=O)C(C)(C)C)cc2)c(Cl)c1.O=CN1CCOCC1. The minimum Gasteiger partial charge on any atom is -0.388 e. The van der Waals surface area contributed by atoms with Crippen molar-refractivity contribution in [1.29, 1.82) is 0 Å². The van der Waals surface area contributed by atoms with E-state index in [1.165, 1.54) is 6.07 Å². The van der Waals surface area contributed by atoms with Gasteiger partial charge in [-0.05, 0) is 42.5 Å². The van der Waals surface area contributed by atoms with Crippen LogP contribution >= 0.6 is 11.6 Å². The standard InChI is InChI=1S/C18H22ClN3O3S.C5H9NO2/c1-18(2,3)17(23)21-12-5-7-13(8-6-12)22-26(24,25)16-10-9-14(20-4)11-15(16)19;7-5-6-1-3-8-4-2-6/h5-11,20,22H,1-4H3,(H,21,23);5H,1-4H2.